The van der Waals surface area contributed by atoms with Gasteiger partial charge in [0.15, 0.2) is 0 Å². The molecule has 0 atom stereocenters. The van der Waals surface area contributed by atoms with Crippen LogP contribution in [0.4, 0.5) is 10.5 Å². The molecule has 3 heterocycles. The van der Waals surface area contributed by atoms with Crippen molar-refractivity contribution < 1.29 is 19.1 Å². The Balaban J connectivity index is 1.47. The van der Waals surface area contributed by atoms with E-state index in [1.165, 1.54) is 7.11 Å². The normalized spacial score (nSPS) is 17.2. The number of hydrogen-bond acceptors (Lipinski definition) is 4. The molecule has 3 amide bonds. The lowest BCUT2D eigenvalue weighted by atomic mass is 10.0. The lowest BCUT2D eigenvalue weighted by molar-refractivity contribution is 0.0573. The number of methoxy groups -OCH3 is 1. The standard InChI is InChI=1S/C21H23ClN4O4/c1-30-20(28)18-3-2-9-25(18)14-6-10-24(11-7-14)19(27)16-13-15(4-5-17(16)22)26-12-8-23-21(26)29/h2-5,9,13-14H,6-8,10-12H2,1H3,(H,23,29). The molecular weight excluding hydrogens is 408 g/mol. The van der Waals surface area contributed by atoms with Gasteiger partial charge < -0.3 is 19.5 Å². The summed E-state index contributed by atoms with van der Waals surface area (Å²) in [4.78, 5) is 40.4. The van der Waals surface area contributed by atoms with Crippen molar-refractivity contribution in [2.45, 2.75) is 18.9 Å². The average molecular weight is 431 g/mol. The summed E-state index contributed by atoms with van der Waals surface area (Å²) in [6, 6.07) is 8.59. The molecule has 0 bridgehead atoms. The molecule has 0 spiro atoms. The van der Waals surface area contributed by atoms with E-state index in [9.17, 15) is 14.4 Å². The van der Waals surface area contributed by atoms with Gasteiger partial charge in [-0.1, -0.05) is 11.6 Å². The lowest BCUT2D eigenvalue weighted by Gasteiger charge is -2.33. The summed E-state index contributed by atoms with van der Waals surface area (Å²) in [5.74, 6) is -0.520. The van der Waals surface area contributed by atoms with Gasteiger partial charge in [0, 0.05) is 44.1 Å². The highest BCUT2D eigenvalue weighted by molar-refractivity contribution is 6.34. The summed E-state index contributed by atoms with van der Waals surface area (Å²) in [5, 5.41) is 3.12. The Labute approximate surface area is 179 Å². The number of anilines is 1. The van der Waals surface area contributed by atoms with Gasteiger partial charge in [0.05, 0.1) is 17.7 Å². The molecule has 158 valence electrons. The first-order valence-corrected chi connectivity index (χ1v) is 10.3. The third kappa shape index (κ3) is 3.75. The van der Waals surface area contributed by atoms with Crippen LogP contribution in [0.2, 0.25) is 5.02 Å². The molecule has 2 fully saturated rings. The highest BCUT2D eigenvalue weighted by atomic mass is 35.5. The molecular formula is C21H23ClN4O4. The number of likely N-dealkylation sites (tertiary alicyclic amines) is 1. The highest BCUT2D eigenvalue weighted by Crippen LogP contribution is 2.29. The molecule has 0 unspecified atom stereocenters. The summed E-state index contributed by atoms with van der Waals surface area (Å²) in [6.07, 6.45) is 3.31. The molecule has 1 N–H and O–H groups in total. The van der Waals surface area contributed by atoms with Crippen LogP contribution in [0.1, 0.15) is 39.7 Å². The predicted molar refractivity (Wildman–Crippen MR) is 112 cm³/mol. The second-order valence-electron chi connectivity index (χ2n) is 7.36. The van der Waals surface area contributed by atoms with Crippen LogP contribution in [0.5, 0.6) is 0 Å². The van der Waals surface area contributed by atoms with E-state index in [1.807, 2.05) is 16.8 Å². The van der Waals surface area contributed by atoms with E-state index in [4.69, 9.17) is 16.3 Å². The minimum Gasteiger partial charge on any atom is -0.464 e. The second kappa shape index (κ2) is 8.39. The highest BCUT2D eigenvalue weighted by Gasteiger charge is 2.29. The van der Waals surface area contributed by atoms with Crippen LogP contribution in [0.25, 0.3) is 0 Å². The zero-order chi connectivity index (χ0) is 21.3. The fourth-order valence-electron chi connectivity index (χ4n) is 4.07. The zero-order valence-electron chi connectivity index (χ0n) is 16.6. The number of rotatable bonds is 4. The molecule has 8 nitrogen and oxygen atoms in total. The predicted octanol–water partition coefficient (Wildman–Crippen LogP) is 2.94. The van der Waals surface area contributed by atoms with E-state index in [0.717, 1.165) is 12.8 Å². The number of piperidine rings is 1. The molecule has 2 saturated heterocycles. The second-order valence-corrected chi connectivity index (χ2v) is 7.77. The maximum atomic E-state index is 13.1. The van der Waals surface area contributed by atoms with Crippen LogP contribution in [0, 0.1) is 0 Å². The summed E-state index contributed by atoms with van der Waals surface area (Å²) >= 11 is 6.31. The number of urea groups is 1. The van der Waals surface area contributed by atoms with Crippen molar-refractivity contribution in [2.75, 3.05) is 38.2 Å². The fourth-order valence-corrected chi connectivity index (χ4v) is 4.27. The molecule has 2 aliphatic rings. The van der Waals surface area contributed by atoms with Gasteiger partial charge in [0.2, 0.25) is 0 Å². The van der Waals surface area contributed by atoms with E-state index in [-0.39, 0.29) is 23.9 Å². The van der Waals surface area contributed by atoms with Crippen molar-refractivity contribution in [2.24, 2.45) is 0 Å². The van der Waals surface area contributed by atoms with E-state index in [0.29, 0.717) is 48.1 Å². The first-order chi connectivity index (χ1) is 14.5. The van der Waals surface area contributed by atoms with Gasteiger partial charge in [-0.2, -0.15) is 0 Å². The van der Waals surface area contributed by atoms with Crippen LogP contribution in [-0.2, 0) is 4.74 Å². The number of ether oxygens (including phenoxy) is 1. The molecule has 0 radical (unpaired) electrons. The monoisotopic (exact) mass is 430 g/mol. The smallest absolute Gasteiger partial charge is 0.354 e. The van der Waals surface area contributed by atoms with Crippen LogP contribution < -0.4 is 10.2 Å². The van der Waals surface area contributed by atoms with Gasteiger partial charge in [-0.25, -0.2) is 9.59 Å². The topological polar surface area (TPSA) is 83.9 Å². The molecule has 9 heteroatoms. The Kier molecular flexibility index (Phi) is 5.67. The molecule has 0 saturated carbocycles. The quantitative estimate of drug-likeness (QED) is 0.756. The summed E-state index contributed by atoms with van der Waals surface area (Å²) < 4.78 is 6.77. The van der Waals surface area contributed by atoms with Crippen LogP contribution >= 0.6 is 11.6 Å². The van der Waals surface area contributed by atoms with Crippen molar-refractivity contribution in [1.82, 2.24) is 14.8 Å². The largest absolute Gasteiger partial charge is 0.464 e. The molecule has 4 rings (SSSR count). The number of amides is 3. The zero-order valence-corrected chi connectivity index (χ0v) is 17.4. The van der Waals surface area contributed by atoms with Gasteiger partial charge in [0.1, 0.15) is 5.69 Å². The number of esters is 1. The molecule has 30 heavy (non-hydrogen) atoms. The van der Waals surface area contributed by atoms with Crippen LogP contribution in [0.3, 0.4) is 0 Å². The minimum atomic E-state index is -0.368. The van der Waals surface area contributed by atoms with Gasteiger partial charge in [-0.05, 0) is 43.2 Å². The molecule has 1 aromatic carbocycles. The van der Waals surface area contributed by atoms with Gasteiger partial charge >= 0.3 is 12.0 Å². The van der Waals surface area contributed by atoms with E-state index < -0.39 is 0 Å². The van der Waals surface area contributed by atoms with Crippen molar-refractivity contribution in [3.8, 4) is 0 Å². The van der Waals surface area contributed by atoms with Crippen molar-refractivity contribution >= 4 is 35.2 Å². The molecule has 1 aromatic heterocycles. The number of carbonyl (C=O) groups excluding carboxylic acids is 3. The fraction of sp³-hybridized carbons (Fsp3) is 0.381. The summed E-state index contributed by atoms with van der Waals surface area (Å²) in [5.41, 5.74) is 1.56. The first-order valence-electron chi connectivity index (χ1n) is 9.89. The number of nitrogens with zero attached hydrogens (tertiary/aromatic N) is 3. The maximum Gasteiger partial charge on any atom is 0.354 e. The Bertz CT molecular complexity index is 981. The number of nitrogens with one attached hydrogen (secondary N) is 1. The van der Waals surface area contributed by atoms with Crippen molar-refractivity contribution in [3.05, 3.63) is 52.8 Å². The van der Waals surface area contributed by atoms with Crippen molar-refractivity contribution in [1.29, 1.82) is 0 Å². The third-order valence-corrected chi connectivity index (χ3v) is 6.00. The van der Waals surface area contributed by atoms with E-state index in [2.05, 4.69) is 5.32 Å². The summed E-state index contributed by atoms with van der Waals surface area (Å²) in [6.45, 7) is 2.23. The van der Waals surface area contributed by atoms with E-state index >= 15 is 0 Å². The number of carbonyl (C=O) groups is 3. The third-order valence-electron chi connectivity index (χ3n) is 5.67. The molecule has 0 aliphatic carbocycles. The van der Waals surface area contributed by atoms with E-state index in [1.54, 1.807) is 34.1 Å². The first kappa shape index (κ1) is 20.3. The SMILES string of the molecule is COC(=O)c1cccn1C1CCN(C(=O)c2cc(N3CCNC3=O)ccc2Cl)CC1. The minimum absolute atomic E-state index is 0.119. The Morgan fingerprint density at radius 2 is 1.93 bits per heavy atom. The van der Waals surface area contributed by atoms with Crippen LogP contribution in [0.15, 0.2) is 36.5 Å². The number of halogens is 1. The average Bonchev–Trinajstić information content (AvgIpc) is 3.42. The number of hydrogen-bond donors (Lipinski definition) is 1. The van der Waals surface area contributed by atoms with Gasteiger partial charge in [-0.3, -0.25) is 9.69 Å². The Morgan fingerprint density at radius 3 is 2.60 bits per heavy atom. The Hall–Kier alpha value is -3.00. The number of benzene rings is 1. The lowest BCUT2D eigenvalue weighted by Crippen LogP contribution is -2.39. The van der Waals surface area contributed by atoms with Crippen LogP contribution in [-0.4, -0.2) is 60.7 Å². The van der Waals surface area contributed by atoms with Gasteiger partial charge in [0.25, 0.3) is 5.91 Å². The molecule has 2 aliphatic heterocycles. The summed E-state index contributed by atoms with van der Waals surface area (Å²) in [7, 11) is 1.37. The van der Waals surface area contributed by atoms with Crippen molar-refractivity contribution in [3.63, 3.8) is 0 Å². The Morgan fingerprint density at radius 1 is 1.17 bits per heavy atom. The molecule has 2 aromatic rings. The number of aromatic nitrogens is 1. The maximum absolute atomic E-state index is 13.1. The van der Waals surface area contributed by atoms with Gasteiger partial charge in [-0.15, -0.1) is 0 Å².